The highest BCUT2D eigenvalue weighted by atomic mass is 32.2. The summed E-state index contributed by atoms with van der Waals surface area (Å²) in [4.78, 5) is 12.3. The van der Waals surface area contributed by atoms with Gasteiger partial charge in [0.15, 0.2) is 0 Å². The van der Waals surface area contributed by atoms with Crippen molar-refractivity contribution in [3.8, 4) is 0 Å². The third kappa shape index (κ3) is 3.75. The van der Waals surface area contributed by atoms with E-state index in [0.29, 0.717) is 0 Å². The molecule has 3 N–H and O–H groups in total. The number of nitrogens with two attached hydrogens (primary N) is 1. The number of nitrogens with zero attached hydrogens (tertiary/aromatic N) is 1. The molecule has 0 aliphatic carbocycles. The second-order valence-corrected chi connectivity index (χ2v) is 6.69. The standard InChI is InChI=1S/C16H17N3O3S/c1-11-7-9-13(10-8-11)23(21,22)19-15-6-4-3-5-14(15)16(20)12(2)18-17/h3-10,19H,17H2,1-2H3. The minimum absolute atomic E-state index is 0.0898. The molecule has 0 atom stereocenters. The Morgan fingerprint density at radius 1 is 1.09 bits per heavy atom. The summed E-state index contributed by atoms with van der Waals surface area (Å²) in [5.74, 6) is 4.69. The van der Waals surface area contributed by atoms with Crippen LogP contribution >= 0.6 is 0 Å². The minimum atomic E-state index is -3.79. The zero-order chi connectivity index (χ0) is 17.0. The van der Waals surface area contributed by atoms with Crippen LogP contribution < -0.4 is 10.6 Å². The van der Waals surface area contributed by atoms with Gasteiger partial charge in [-0.15, -0.1) is 0 Å². The SMILES string of the molecule is CC(=NN)C(=O)c1ccccc1NS(=O)(=O)c1ccc(C)cc1. The van der Waals surface area contributed by atoms with Gasteiger partial charge in [0.1, 0.15) is 5.71 Å². The monoisotopic (exact) mass is 331 g/mol. The van der Waals surface area contributed by atoms with E-state index in [1.54, 1.807) is 24.3 Å². The Morgan fingerprint density at radius 2 is 1.70 bits per heavy atom. The summed E-state index contributed by atoms with van der Waals surface area (Å²) in [6, 6.07) is 12.7. The lowest BCUT2D eigenvalue weighted by Crippen LogP contribution is -2.18. The Kier molecular flexibility index (Phi) is 4.80. The maximum Gasteiger partial charge on any atom is 0.261 e. The van der Waals surface area contributed by atoms with Crippen LogP contribution in [0.25, 0.3) is 0 Å². The van der Waals surface area contributed by atoms with Crippen LogP contribution in [0.1, 0.15) is 22.8 Å². The van der Waals surface area contributed by atoms with E-state index in [-0.39, 0.29) is 21.9 Å². The van der Waals surface area contributed by atoms with Crippen molar-refractivity contribution in [1.29, 1.82) is 0 Å². The summed E-state index contributed by atoms with van der Waals surface area (Å²) in [5, 5.41) is 3.36. The van der Waals surface area contributed by atoms with Gasteiger partial charge in [-0.3, -0.25) is 9.52 Å². The molecule has 120 valence electrons. The highest BCUT2D eigenvalue weighted by Crippen LogP contribution is 2.21. The van der Waals surface area contributed by atoms with Gasteiger partial charge >= 0.3 is 0 Å². The van der Waals surface area contributed by atoms with Gasteiger partial charge in [0.05, 0.1) is 10.6 Å². The molecule has 0 unspecified atom stereocenters. The Bertz CT molecular complexity index is 856. The number of hydrogen-bond donors (Lipinski definition) is 2. The first-order chi connectivity index (χ1) is 10.8. The van der Waals surface area contributed by atoms with Gasteiger partial charge in [-0.25, -0.2) is 8.42 Å². The number of carbonyl (C=O) groups excluding carboxylic acids is 1. The summed E-state index contributed by atoms with van der Waals surface area (Å²) in [6.45, 7) is 3.33. The van der Waals surface area contributed by atoms with E-state index >= 15 is 0 Å². The molecule has 0 saturated carbocycles. The average Bonchev–Trinajstić information content (AvgIpc) is 2.54. The summed E-state index contributed by atoms with van der Waals surface area (Å²) < 4.78 is 27.3. The molecule has 0 saturated heterocycles. The van der Waals surface area contributed by atoms with Crippen molar-refractivity contribution in [3.63, 3.8) is 0 Å². The van der Waals surface area contributed by atoms with Crippen LogP contribution in [0.15, 0.2) is 58.5 Å². The molecule has 0 fully saturated rings. The number of hydrazone groups is 1. The summed E-state index contributed by atoms with van der Waals surface area (Å²) in [6.07, 6.45) is 0. The first-order valence-corrected chi connectivity index (χ1v) is 8.31. The topological polar surface area (TPSA) is 102 Å². The van der Waals surface area contributed by atoms with Crippen molar-refractivity contribution in [2.45, 2.75) is 18.7 Å². The van der Waals surface area contributed by atoms with E-state index in [9.17, 15) is 13.2 Å². The second kappa shape index (κ2) is 6.62. The normalized spacial score (nSPS) is 12.0. The highest BCUT2D eigenvalue weighted by Gasteiger charge is 2.19. The van der Waals surface area contributed by atoms with E-state index in [0.717, 1.165) is 5.56 Å². The Morgan fingerprint density at radius 3 is 2.30 bits per heavy atom. The number of carbonyl (C=O) groups is 1. The van der Waals surface area contributed by atoms with Crippen molar-refractivity contribution >= 4 is 27.2 Å². The quantitative estimate of drug-likeness (QED) is 0.380. The summed E-state index contributed by atoms with van der Waals surface area (Å²) in [5.41, 5.74) is 1.41. The van der Waals surface area contributed by atoms with E-state index < -0.39 is 15.8 Å². The van der Waals surface area contributed by atoms with Crippen LogP contribution in [0.5, 0.6) is 0 Å². The smallest absolute Gasteiger partial charge is 0.261 e. The van der Waals surface area contributed by atoms with Crippen LogP contribution in [-0.2, 0) is 10.0 Å². The largest absolute Gasteiger partial charge is 0.323 e. The number of hydrogen-bond acceptors (Lipinski definition) is 5. The number of Topliss-reactive ketones (excluding diaryl/α,β-unsaturated/α-hetero) is 1. The van der Waals surface area contributed by atoms with Crippen LogP contribution in [0.2, 0.25) is 0 Å². The van der Waals surface area contributed by atoms with Gasteiger partial charge < -0.3 is 5.84 Å². The lowest BCUT2D eigenvalue weighted by molar-refractivity contribution is 0.106. The van der Waals surface area contributed by atoms with Gasteiger partial charge in [-0.1, -0.05) is 29.8 Å². The number of nitrogens with one attached hydrogen (secondary N) is 1. The molecule has 0 bridgehead atoms. The molecule has 2 aromatic carbocycles. The Balaban J connectivity index is 2.41. The van der Waals surface area contributed by atoms with E-state index in [2.05, 4.69) is 9.82 Å². The van der Waals surface area contributed by atoms with Gasteiger partial charge in [0.25, 0.3) is 10.0 Å². The molecule has 0 aliphatic heterocycles. The maximum absolute atomic E-state index is 12.4. The van der Waals surface area contributed by atoms with Crippen LogP contribution in [0.3, 0.4) is 0 Å². The van der Waals surface area contributed by atoms with E-state index in [4.69, 9.17) is 5.84 Å². The van der Waals surface area contributed by atoms with Crippen LogP contribution in [-0.4, -0.2) is 19.9 Å². The van der Waals surface area contributed by atoms with Gasteiger partial charge in [-0.2, -0.15) is 5.10 Å². The number of anilines is 1. The molecule has 2 aromatic rings. The lowest BCUT2D eigenvalue weighted by atomic mass is 10.1. The first kappa shape index (κ1) is 16.7. The zero-order valence-electron chi connectivity index (χ0n) is 12.8. The summed E-state index contributed by atoms with van der Waals surface area (Å²) in [7, 11) is -3.79. The fraction of sp³-hybridized carbons (Fsp3) is 0.125. The van der Waals surface area contributed by atoms with Crippen molar-refractivity contribution in [3.05, 3.63) is 59.7 Å². The number of para-hydroxylation sites is 1. The maximum atomic E-state index is 12.4. The second-order valence-electron chi connectivity index (χ2n) is 5.01. The molecule has 0 amide bonds. The fourth-order valence-electron chi connectivity index (χ4n) is 1.94. The molecule has 0 radical (unpaired) electrons. The molecular formula is C16H17N3O3S. The Labute approximate surface area is 135 Å². The van der Waals surface area contributed by atoms with Crippen LogP contribution in [0.4, 0.5) is 5.69 Å². The molecule has 2 rings (SSSR count). The van der Waals surface area contributed by atoms with Crippen molar-refractivity contribution < 1.29 is 13.2 Å². The Hall–Kier alpha value is -2.67. The third-order valence-electron chi connectivity index (χ3n) is 3.27. The average molecular weight is 331 g/mol. The molecule has 0 heterocycles. The first-order valence-electron chi connectivity index (χ1n) is 6.83. The van der Waals surface area contributed by atoms with Crippen LogP contribution in [0, 0.1) is 6.92 Å². The van der Waals surface area contributed by atoms with Gasteiger partial charge in [0.2, 0.25) is 5.78 Å². The number of sulfonamides is 1. The molecule has 6 nitrogen and oxygen atoms in total. The molecule has 0 spiro atoms. The highest BCUT2D eigenvalue weighted by molar-refractivity contribution is 7.92. The van der Waals surface area contributed by atoms with E-state index in [1.807, 2.05) is 6.92 Å². The molecular weight excluding hydrogens is 314 g/mol. The van der Waals surface area contributed by atoms with Crippen molar-refractivity contribution in [2.75, 3.05) is 4.72 Å². The predicted octanol–water partition coefficient (Wildman–Crippen LogP) is 2.31. The minimum Gasteiger partial charge on any atom is -0.323 e. The lowest BCUT2D eigenvalue weighted by Gasteiger charge is -2.12. The van der Waals surface area contributed by atoms with E-state index in [1.165, 1.54) is 31.2 Å². The summed E-state index contributed by atoms with van der Waals surface area (Å²) >= 11 is 0. The van der Waals surface area contributed by atoms with Gasteiger partial charge in [-0.05, 0) is 38.1 Å². The fourth-order valence-corrected chi connectivity index (χ4v) is 3.02. The van der Waals surface area contributed by atoms with Crippen molar-refractivity contribution in [2.24, 2.45) is 10.9 Å². The third-order valence-corrected chi connectivity index (χ3v) is 4.65. The number of benzene rings is 2. The molecule has 0 aromatic heterocycles. The molecule has 0 aliphatic rings. The van der Waals surface area contributed by atoms with Gasteiger partial charge in [0, 0.05) is 5.56 Å². The number of aryl methyl sites for hydroxylation is 1. The molecule has 7 heteroatoms. The number of rotatable bonds is 5. The number of ketones is 1. The molecule has 23 heavy (non-hydrogen) atoms. The van der Waals surface area contributed by atoms with Crippen molar-refractivity contribution in [1.82, 2.24) is 0 Å². The predicted molar refractivity (Wildman–Crippen MR) is 90.1 cm³/mol. The zero-order valence-corrected chi connectivity index (χ0v) is 13.6.